The maximum Gasteiger partial charge on any atom is 0.313 e. The van der Waals surface area contributed by atoms with E-state index in [1.54, 1.807) is 29.2 Å². The van der Waals surface area contributed by atoms with Crippen LogP contribution in [0.2, 0.25) is 0 Å². The van der Waals surface area contributed by atoms with Crippen LogP contribution in [0.1, 0.15) is 18.9 Å². The Morgan fingerprint density at radius 1 is 1.14 bits per heavy atom. The van der Waals surface area contributed by atoms with Crippen molar-refractivity contribution >= 4 is 28.5 Å². The van der Waals surface area contributed by atoms with Gasteiger partial charge in [0.15, 0.2) is 6.73 Å². The fourth-order valence-electron chi connectivity index (χ4n) is 3.52. The molecule has 8 nitrogen and oxygen atoms in total. The van der Waals surface area contributed by atoms with Gasteiger partial charge in [0.2, 0.25) is 5.91 Å². The summed E-state index contributed by atoms with van der Waals surface area (Å²) in [4.78, 5) is 39.0. The van der Waals surface area contributed by atoms with Gasteiger partial charge in [-0.3, -0.25) is 14.4 Å². The lowest BCUT2D eigenvalue weighted by Gasteiger charge is -2.19. The highest BCUT2D eigenvalue weighted by Gasteiger charge is 2.36. The third kappa shape index (κ3) is 3.61. The second-order valence-corrected chi connectivity index (χ2v) is 6.89. The summed E-state index contributed by atoms with van der Waals surface area (Å²) in [5.74, 6) is -1.23. The number of hydrogen-bond donors (Lipinski definition) is 0. The summed E-state index contributed by atoms with van der Waals surface area (Å²) < 4.78 is 6.27. The molecule has 0 N–H and O–H groups in total. The summed E-state index contributed by atoms with van der Waals surface area (Å²) in [7, 11) is 0. The van der Waals surface area contributed by atoms with Gasteiger partial charge < -0.3 is 9.64 Å². The summed E-state index contributed by atoms with van der Waals surface area (Å²) in [6.07, 6.45) is 0.869. The molecule has 8 heteroatoms. The molecule has 4 rings (SSSR count). The second-order valence-electron chi connectivity index (χ2n) is 6.89. The first kappa shape index (κ1) is 18.8. The summed E-state index contributed by atoms with van der Waals surface area (Å²) in [5, 5.41) is 8.16. The first-order valence-electron chi connectivity index (χ1n) is 9.46. The number of ether oxygens (including phenoxy) is 1. The van der Waals surface area contributed by atoms with Crippen molar-refractivity contribution in [2.75, 3.05) is 11.4 Å². The maximum absolute atomic E-state index is 12.5. The standard InChI is InChI=1S/C21H20N4O4/c1-2-14-7-3-6-10-18(14)24-12-15(11-19(24)26)21(28)29-13-25-20(27)16-8-4-5-9-17(16)22-23-25/h3-10,15H,2,11-13H2,1H3. The van der Waals surface area contributed by atoms with Crippen molar-refractivity contribution in [1.82, 2.24) is 15.0 Å². The summed E-state index contributed by atoms with van der Waals surface area (Å²) in [6, 6.07) is 14.5. The molecule has 0 radical (unpaired) electrons. The highest BCUT2D eigenvalue weighted by atomic mass is 16.5. The van der Waals surface area contributed by atoms with Crippen LogP contribution in [0.3, 0.4) is 0 Å². The van der Waals surface area contributed by atoms with E-state index in [0.29, 0.717) is 10.9 Å². The number of aryl methyl sites for hydroxylation is 1. The molecule has 1 fully saturated rings. The van der Waals surface area contributed by atoms with Crippen LogP contribution < -0.4 is 10.5 Å². The van der Waals surface area contributed by atoms with E-state index in [0.717, 1.165) is 22.4 Å². The molecule has 148 valence electrons. The normalized spacial score (nSPS) is 16.4. The number of anilines is 1. The molecule has 1 aromatic heterocycles. The van der Waals surface area contributed by atoms with Crippen LogP contribution >= 0.6 is 0 Å². The lowest BCUT2D eigenvalue weighted by molar-refractivity contribution is -0.152. The molecule has 2 heterocycles. The minimum atomic E-state index is -0.587. The Bertz CT molecular complexity index is 1140. The molecular weight excluding hydrogens is 372 g/mol. The van der Waals surface area contributed by atoms with Gasteiger partial charge in [-0.15, -0.1) is 5.10 Å². The molecule has 0 bridgehead atoms. The van der Waals surface area contributed by atoms with Crippen molar-refractivity contribution < 1.29 is 14.3 Å². The number of rotatable bonds is 5. The molecule has 29 heavy (non-hydrogen) atoms. The Hall–Kier alpha value is -3.55. The van der Waals surface area contributed by atoms with Gasteiger partial charge in [-0.05, 0) is 30.2 Å². The summed E-state index contributed by atoms with van der Waals surface area (Å²) in [6.45, 7) is 1.94. The number of carbonyl (C=O) groups is 2. The van der Waals surface area contributed by atoms with Gasteiger partial charge in [0.05, 0.1) is 11.3 Å². The van der Waals surface area contributed by atoms with E-state index >= 15 is 0 Å². The van der Waals surface area contributed by atoms with Crippen molar-refractivity contribution in [3.63, 3.8) is 0 Å². The number of aromatic nitrogens is 3. The predicted molar refractivity (Wildman–Crippen MR) is 106 cm³/mol. The number of carbonyl (C=O) groups excluding carboxylic acids is 2. The minimum Gasteiger partial charge on any atom is -0.442 e. The topological polar surface area (TPSA) is 94.4 Å². The minimum absolute atomic E-state index is 0.0786. The van der Waals surface area contributed by atoms with Crippen molar-refractivity contribution in [2.45, 2.75) is 26.5 Å². The zero-order valence-electron chi connectivity index (χ0n) is 15.9. The van der Waals surface area contributed by atoms with Gasteiger partial charge in [0.1, 0.15) is 5.52 Å². The Balaban J connectivity index is 1.45. The zero-order valence-corrected chi connectivity index (χ0v) is 15.9. The largest absolute Gasteiger partial charge is 0.442 e. The van der Waals surface area contributed by atoms with Crippen LogP contribution in [-0.2, 0) is 27.5 Å². The molecule has 1 aliphatic heterocycles. The molecule has 0 spiro atoms. The van der Waals surface area contributed by atoms with E-state index < -0.39 is 11.9 Å². The van der Waals surface area contributed by atoms with Crippen LogP contribution in [0, 0.1) is 5.92 Å². The molecule has 1 aliphatic rings. The Labute approximate surface area is 166 Å². The number of benzene rings is 2. The van der Waals surface area contributed by atoms with Crippen LogP contribution in [-0.4, -0.2) is 33.4 Å². The van der Waals surface area contributed by atoms with E-state index in [-0.39, 0.29) is 31.2 Å². The Morgan fingerprint density at radius 3 is 2.72 bits per heavy atom. The molecule has 0 saturated carbocycles. The number of hydrogen-bond acceptors (Lipinski definition) is 6. The van der Waals surface area contributed by atoms with Gasteiger partial charge in [-0.1, -0.05) is 42.5 Å². The highest BCUT2D eigenvalue weighted by Crippen LogP contribution is 2.29. The molecule has 2 aromatic carbocycles. The third-order valence-electron chi connectivity index (χ3n) is 5.08. The van der Waals surface area contributed by atoms with Crippen LogP contribution in [0.25, 0.3) is 10.9 Å². The monoisotopic (exact) mass is 392 g/mol. The zero-order chi connectivity index (χ0) is 20.4. The van der Waals surface area contributed by atoms with Crippen LogP contribution in [0.4, 0.5) is 5.69 Å². The fourth-order valence-corrected chi connectivity index (χ4v) is 3.52. The first-order valence-corrected chi connectivity index (χ1v) is 9.46. The van der Waals surface area contributed by atoms with Crippen molar-refractivity contribution in [1.29, 1.82) is 0 Å². The van der Waals surface area contributed by atoms with Gasteiger partial charge in [0, 0.05) is 18.7 Å². The number of para-hydroxylation sites is 1. The average molecular weight is 392 g/mol. The summed E-state index contributed by atoms with van der Waals surface area (Å²) in [5.41, 5.74) is 1.97. The number of nitrogens with zero attached hydrogens (tertiary/aromatic N) is 4. The van der Waals surface area contributed by atoms with Gasteiger partial charge in [0.25, 0.3) is 5.56 Å². The van der Waals surface area contributed by atoms with Crippen molar-refractivity contribution in [2.24, 2.45) is 5.92 Å². The van der Waals surface area contributed by atoms with Gasteiger partial charge in [-0.2, -0.15) is 4.68 Å². The average Bonchev–Trinajstić information content (AvgIpc) is 3.14. The van der Waals surface area contributed by atoms with Crippen LogP contribution in [0.15, 0.2) is 53.3 Å². The lowest BCUT2D eigenvalue weighted by Crippen LogP contribution is -2.30. The van der Waals surface area contributed by atoms with Crippen molar-refractivity contribution in [3.05, 3.63) is 64.4 Å². The SMILES string of the molecule is CCc1ccccc1N1CC(C(=O)OCn2nnc3ccccc3c2=O)CC1=O. The summed E-state index contributed by atoms with van der Waals surface area (Å²) >= 11 is 0. The highest BCUT2D eigenvalue weighted by molar-refractivity contribution is 6.00. The number of fused-ring (bicyclic) bond motifs is 1. The van der Waals surface area contributed by atoms with E-state index in [4.69, 9.17) is 4.74 Å². The molecule has 1 atom stereocenters. The fraction of sp³-hybridized carbons (Fsp3) is 0.286. The van der Waals surface area contributed by atoms with Crippen LogP contribution in [0.5, 0.6) is 0 Å². The van der Waals surface area contributed by atoms with E-state index in [1.165, 1.54) is 0 Å². The number of esters is 1. The molecule has 1 amide bonds. The molecule has 1 unspecified atom stereocenters. The molecule has 0 aliphatic carbocycles. The Kier molecular flexibility index (Phi) is 5.07. The third-order valence-corrected chi connectivity index (χ3v) is 5.08. The van der Waals surface area contributed by atoms with E-state index in [1.807, 2.05) is 31.2 Å². The Morgan fingerprint density at radius 2 is 1.90 bits per heavy atom. The predicted octanol–water partition coefficient (Wildman–Crippen LogP) is 1.91. The molecule has 3 aromatic rings. The molecular formula is C21H20N4O4. The molecule has 1 saturated heterocycles. The van der Waals surface area contributed by atoms with E-state index in [9.17, 15) is 14.4 Å². The maximum atomic E-state index is 12.5. The van der Waals surface area contributed by atoms with E-state index in [2.05, 4.69) is 10.3 Å². The second kappa shape index (κ2) is 7.83. The lowest BCUT2D eigenvalue weighted by atomic mass is 10.1. The number of amides is 1. The first-order chi connectivity index (χ1) is 14.1. The quantitative estimate of drug-likeness (QED) is 0.616. The van der Waals surface area contributed by atoms with Gasteiger partial charge >= 0.3 is 5.97 Å². The van der Waals surface area contributed by atoms with Crippen molar-refractivity contribution in [3.8, 4) is 0 Å². The van der Waals surface area contributed by atoms with Gasteiger partial charge in [-0.25, -0.2) is 0 Å². The smallest absolute Gasteiger partial charge is 0.313 e.